The van der Waals surface area contributed by atoms with E-state index < -0.39 is 0 Å². The normalized spacial score (nSPS) is 24.2. The van der Waals surface area contributed by atoms with Gasteiger partial charge in [0.15, 0.2) is 0 Å². The summed E-state index contributed by atoms with van der Waals surface area (Å²) in [5.41, 5.74) is -0.493. The summed E-state index contributed by atoms with van der Waals surface area (Å²) in [7, 11) is 0. The Kier molecular flexibility index (Phi) is 12.9. The molecule has 0 amide bonds. The van der Waals surface area contributed by atoms with Crippen LogP contribution in [0.2, 0.25) is 0 Å². The van der Waals surface area contributed by atoms with E-state index >= 15 is 0 Å². The van der Waals surface area contributed by atoms with E-state index in [1.807, 2.05) is 13.8 Å². The molecule has 5 nitrogen and oxygen atoms in total. The number of ether oxygens (including phenoxy) is 3. The van der Waals surface area contributed by atoms with Gasteiger partial charge in [-0.05, 0) is 6.42 Å². The van der Waals surface area contributed by atoms with Gasteiger partial charge in [-0.25, -0.2) is 0 Å². The van der Waals surface area contributed by atoms with Crippen LogP contribution in [0.1, 0.15) is 40.5 Å². The summed E-state index contributed by atoms with van der Waals surface area (Å²) in [4.78, 5) is 11.2. The molecule has 1 rings (SSSR count). The number of esters is 1. The third kappa shape index (κ3) is 8.17. The Morgan fingerprint density at radius 2 is 1.82 bits per heavy atom. The summed E-state index contributed by atoms with van der Waals surface area (Å²) in [5.74, 6) is -0.178. The van der Waals surface area contributed by atoms with Crippen molar-refractivity contribution in [1.29, 1.82) is 0 Å². The van der Waals surface area contributed by atoms with E-state index in [2.05, 4.69) is 42.7 Å². The fraction of sp³-hybridized carbons (Fsp3) is 0.750. The molecule has 0 bridgehead atoms. The van der Waals surface area contributed by atoms with Gasteiger partial charge in [0.25, 0.3) is 0 Å². The second kappa shape index (κ2) is 11.9. The van der Waals surface area contributed by atoms with Gasteiger partial charge in [0.2, 0.25) is 0 Å². The van der Waals surface area contributed by atoms with E-state index in [-0.39, 0.29) is 23.1 Å². The first-order valence-electron chi connectivity index (χ1n) is 7.11. The predicted molar refractivity (Wildman–Crippen MR) is 79.4 cm³/mol. The zero-order chi connectivity index (χ0) is 17.8. The zero-order valence-electron chi connectivity index (χ0n) is 14.0. The molecule has 0 saturated carbocycles. The van der Waals surface area contributed by atoms with Gasteiger partial charge in [-0.15, -0.1) is 5.41 Å². The molecule has 0 aromatic heterocycles. The first-order chi connectivity index (χ1) is 10.3. The van der Waals surface area contributed by atoms with Crippen molar-refractivity contribution >= 4 is 5.97 Å². The summed E-state index contributed by atoms with van der Waals surface area (Å²) in [6.45, 7) is 20.3. The monoisotopic (exact) mass is 359 g/mol. The minimum absolute atomic E-state index is 0.178. The van der Waals surface area contributed by atoms with E-state index in [0.717, 1.165) is 6.42 Å². The van der Waals surface area contributed by atoms with Crippen molar-refractivity contribution in [1.82, 2.24) is 0 Å². The molecule has 0 unspecified atom stereocenters. The predicted octanol–water partition coefficient (Wildman–Crippen LogP) is 3.05. The average Bonchev–Trinajstić information content (AvgIpc) is 2.55. The fourth-order valence-corrected chi connectivity index (χ4v) is 1.77. The Hall–Kier alpha value is -0.564. The molecular weight excluding hydrogens is 331 g/mol. The summed E-state index contributed by atoms with van der Waals surface area (Å²) in [6.07, 6.45) is 0.962. The molecule has 1 aliphatic heterocycles. The van der Waals surface area contributed by atoms with Gasteiger partial charge in [0.05, 0.1) is 18.6 Å². The molecule has 6 heteroatoms. The molecule has 0 aromatic carbocycles. The molecule has 0 N–H and O–H groups in total. The average molecular weight is 359 g/mol. The summed E-state index contributed by atoms with van der Waals surface area (Å²) in [5, 5.41) is 0. The molecule has 1 aliphatic rings. The molecular formula is C16H28CoO5-2. The second-order valence-corrected chi connectivity index (χ2v) is 5.81. The SMILES string of the molecule is [CH-]=C.[CH2-]C(C)(C)C1OCC(CC)(COC(=O)CC)CO1.[O]=[Co]. The molecule has 0 aromatic rings. The van der Waals surface area contributed by atoms with Gasteiger partial charge < -0.3 is 27.7 Å². The second-order valence-electron chi connectivity index (χ2n) is 5.81. The van der Waals surface area contributed by atoms with Crippen molar-refractivity contribution in [2.75, 3.05) is 19.8 Å². The third-order valence-electron chi connectivity index (χ3n) is 3.30. The Morgan fingerprint density at radius 3 is 2.14 bits per heavy atom. The quantitative estimate of drug-likeness (QED) is 0.558. The van der Waals surface area contributed by atoms with Crippen molar-refractivity contribution in [3.05, 3.63) is 20.1 Å². The number of carbonyl (C=O) groups is 1. The molecule has 0 aliphatic carbocycles. The molecule has 0 atom stereocenters. The van der Waals surface area contributed by atoms with Crippen molar-refractivity contribution in [2.24, 2.45) is 10.8 Å². The van der Waals surface area contributed by atoms with Crippen molar-refractivity contribution in [3.63, 3.8) is 0 Å². The van der Waals surface area contributed by atoms with Gasteiger partial charge in [0.1, 0.15) is 12.9 Å². The van der Waals surface area contributed by atoms with Crippen LogP contribution in [0, 0.1) is 24.3 Å². The number of hydrogen-bond donors (Lipinski definition) is 0. The summed E-state index contributed by atoms with van der Waals surface area (Å²) < 4.78 is 24.6. The van der Waals surface area contributed by atoms with Gasteiger partial charge in [-0.3, -0.25) is 11.4 Å². The first kappa shape index (κ1) is 23.7. The van der Waals surface area contributed by atoms with Crippen LogP contribution < -0.4 is 0 Å². The first-order valence-corrected chi connectivity index (χ1v) is 7.54. The van der Waals surface area contributed by atoms with E-state index in [1.54, 1.807) is 6.92 Å². The van der Waals surface area contributed by atoms with E-state index in [0.29, 0.717) is 26.2 Å². The van der Waals surface area contributed by atoms with E-state index in [1.165, 1.54) is 0 Å². The minimum atomic E-state index is -0.293. The molecule has 22 heavy (non-hydrogen) atoms. The van der Waals surface area contributed by atoms with Crippen molar-refractivity contribution in [2.45, 2.75) is 46.8 Å². The molecule has 0 spiro atoms. The molecule has 133 valence electrons. The fourth-order valence-electron chi connectivity index (χ4n) is 1.77. The van der Waals surface area contributed by atoms with Crippen LogP contribution in [-0.4, -0.2) is 32.1 Å². The van der Waals surface area contributed by atoms with Crippen LogP contribution in [0.4, 0.5) is 0 Å². The standard InChI is InChI=1S/C14H25O4.C2H3.Co.O/c1-6-11(15)16-8-14(7-2)9-17-12(18-10-14)13(3,4)5;1-2;;/h12H,3,6-10H2,1-2,4-5H3;1H,2H2;;/q2*-1;;. The maximum atomic E-state index is 11.2. The number of carbonyl (C=O) groups excluding carboxylic acids is 1. The number of rotatable bonds is 5. The molecule has 1 saturated heterocycles. The van der Waals surface area contributed by atoms with Crippen LogP contribution in [-0.2, 0) is 38.5 Å². The van der Waals surface area contributed by atoms with Gasteiger partial charge >= 0.3 is 25.5 Å². The Morgan fingerprint density at radius 1 is 1.36 bits per heavy atom. The topological polar surface area (TPSA) is 61.8 Å². The Balaban J connectivity index is 0. The summed E-state index contributed by atoms with van der Waals surface area (Å²) in [6, 6.07) is 0. The van der Waals surface area contributed by atoms with E-state index in [4.69, 9.17) is 18.1 Å². The maximum absolute atomic E-state index is 11.2. The van der Waals surface area contributed by atoms with Crippen molar-refractivity contribution < 1.29 is 38.5 Å². The third-order valence-corrected chi connectivity index (χ3v) is 3.30. The van der Waals surface area contributed by atoms with Gasteiger partial charge in [0, 0.05) is 6.42 Å². The van der Waals surface area contributed by atoms with Crippen LogP contribution >= 0.6 is 0 Å². The Bertz CT molecular complexity index is 304. The van der Waals surface area contributed by atoms with Crippen LogP contribution in [0.3, 0.4) is 0 Å². The van der Waals surface area contributed by atoms with Crippen LogP contribution in [0.5, 0.6) is 0 Å². The molecule has 0 radical (unpaired) electrons. The van der Waals surface area contributed by atoms with Crippen LogP contribution in [0.15, 0.2) is 6.58 Å². The van der Waals surface area contributed by atoms with Crippen LogP contribution in [0.25, 0.3) is 0 Å². The van der Waals surface area contributed by atoms with Gasteiger partial charge in [-0.2, -0.15) is 0 Å². The van der Waals surface area contributed by atoms with Crippen molar-refractivity contribution in [3.8, 4) is 0 Å². The molecule has 1 heterocycles. The zero-order valence-corrected chi connectivity index (χ0v) is 15.0. The van der Waals surface area contributed by atoms with E-state index in [9.17, 15) is 4.79 Å². The Labute approximate surface area is 142 Å². The number of hydrogen-bond acceptors (Lipinski definition) is 5. The van der Waals surface area contributed by atoms with Gasteiger partial charge in [-0.1, -0.05) is 27.7 Å². The molecule has 1 fully saturated rings. The summed E-state index contributed by atoms with van der Waals surface area (Å²) >= 11 is 2.31.